The van der Waals surface area contributed by atoms with Crippen LogP contribution < -0.4 is 5.43 Å². The molecule has 2 aromatic carbocycles. The van der Waals surface area contributed by atoms with E-state index in [0.29, 0.717) is 11.3 Å². The van der Waals surface area contributed by atoms with Crippen LogP contribution in [0.5, 0.6) is 0 Å². The first kappa shape index (κ1) is 20.4. The van der Waals surface area contributed by atoms with Crippen molar-refractivity contribution >= 4 is 12.1 Å². The summed E-state index contributed by atoms with van der Waals surface area (Å²) in [6, 6.07) is 13.8. The number of benzene rings is 2. The van der Waals surface area contributed by atoms with Gasteiger partial charge in [0, 0.05) is 5.56 Å². The van der Waals surface area contributed by atoms with Crippen LogP contribution in [0.4, 0.5) is 13.2 Å². The quantitative estimate of drug-likeness (QED) is 0.468. The zero-order valence-electron chi connectivity index (χ0n) is 15.9. The zero-order chi connectivity index (χ0) is 21.0. The maximum atomic E-state index is 12.8. The number of hydrazone groups is 1. The molecule has 1 amide bonds. The van der Waals surface area contributed by atoms with Gasteiger partial charge in [-0.05, 0) is 54.8 Å². The highest BCUT2D eigenvalue weighted by Crippen LogP contribution is 2.32. The number of hydrogen-bond acceptors (Lipinski definition) is 3. The molecule has 0 aliphatic heterocycles. The molecule has 0 saturated carbocycles. The third kappa shape index (κ3) is 5.34. The van der Waals surface area contributed by atoms with Gasteiger partial charge < -0.3 is 4.42 Å². The molecular weight excluding hydrogens is 381 g/mol. The molecule has 1 heterocycles. The molecule has 1 N–H and O–H groups in total. The summed E-state index contributed by atoms with van der Waals surface area (Å²) in [5.41, 5.74) is 5.11. The molecule has 150 valence electrons. The second-order valence-electron chi connectivity index (χ2n) is 6.67. The highest BCUT2D eigenvalue weighted by molar-refractivity contribution is 5.82. The molecule has 29 heavy (non-hydrogen) atoms. The molecule has 0 aliphatic rings. The Hall–Kier alpha value is -3.35. The normalized spacial score (nSPS) is 11.8. The van der Waals surface area contributed by atoms with Gasteiger partial charge >= 0.3 is 6.18 Å². The summed E-state index contributed by atoms with van der Waals surface area (Å²) in [6.07, 6.45) is -2.94. The molecule has 0 fully saturated rings. The molecule has 0 saturated heterocycles. The van der Waals surface area contributed by atoms with Crippen molar-refractivity contribution in [3.05, 3.63) is 82.6 Å². The fourth-order valence-electron chi connectivity index (χ4n) is 2.73. The Morgan fingerprint density at radius 1 is 1.07 bits per heavy atom. The molecule has 0 unspecified atom stereocenters. The Bertz CT molecular complexity index is 1050. The van der Waals surface area contributed by atoms with Crippen molar-refractivity contribution in [3.63, 3.8) is 0 Å². The van der Waals surface area contributed by atoms with E-state index in [1.54, 1.807) is 12.1 Å². The Labute approximate surface area is 166 Å². The summed E-state index contributed by atoms with van der Waals surface area (Å²) in [7, 11) is 0. The minimum absolute atomic E-state index is 0.187. The van der Waals surface area contributed by atoms with E-state index in [-0.39, 0.29) is 18.1 Å². The fourth-order valence-corrected chi connectivity index (χ4v) is 2.73. The standard InChI is InChI=1S/C22H19F3N2O2/c1-14-6-7-16(10-15(14)2)11-21(28)27-26-13-19-8-9-20(29-19)17-4-3-5-18(12-17)22(23,24)25/h3-10,12-13H,11H2,1-2H3,(H,27,28)/b26-13-. The van der Waals surface area contributed by atoms with Crippen molar-refractivity contribution in [1.29, 1.82) is 0 Å². The van der Waals surface area contributed by atoms with E-state index in [1.807, 2.05) is 32.0 Å². The number of rotatable bonds is 5. The van der Waals surface area contributed by atoms with Crippen LogP contribution in [0.3, 0.4) is 0 Å². The van der Waals surface area contributed by atoms with Crippen molar-refractivity contribution < 1.29 is 22.4 Å². The maximum absolute atomic E-state index is 12.8. The average Bonchev–Trinajstić information content (AvgIpc) is 3.13. The average molecular weight is 400 g/mol. The topological polar surface area (TPSA) is 54.6 Å². The van der Waals surface area contributed by atoms with Crippen molar-refractivity contribution in [3.8, 4) is 11.3 Å². The molecule has 3 rings (SSSR count). The predicted molar refractivity (Wildman–Crippen MR) is 105 cm³/mol. The van der Waals surface area contributed by atoms with E-state index < -0.39 is 11.7 Å². The molecule has 0 radical (unpaired) electrons. The van der Waals surface area contributed by atoms with E-state index in [0.717, 1.165) is 28.8 Å². The van der Waals surface area contributed by atoms with Gasteiger partial charge in [0.25, 0.3) is 0 Å². The zero-order valence-corrected chi connectivity index (χ0v) is 15.9. The number of furan rings is 1. The fraction of sp³-hybridized carbons (Fsp3) is 0.182. The largest absolute Gasteiger partial charge is 0.455 e. The summed E-state index contributed by atoms with van der Waals surface area (Å²) in [5.74, 6) is 0.303. The van der Waals surface area contributed by atoms with Crippen LogP contribution in [0.25, 0.3) is 11.3 Å². The van der Waals surface area contributed by atoms with Crippen molar-refractivity contribution in [2.45, 2.75) is 26.4 Å². The Morgan fingerprint density at radius 2 is 1.86 bits per heavy atom. The van der Waals surface area contributed by atoms with Gasteiger partial charge in [-0.2, -0.15) is 18.3 Å². The third-order valence-corrected chi connectivity index (χ3v) is 4.42. The number of halogens is 3. The van der Waals surface area contributed by atoms with E-state index in [2.05, 4.69) is 10.5 Å². The van der Waals surface area contributed by atoms with Gasteiger partial charge in [-0.3, -0.25) is 4.79 Å². The van der Waals surface area contributed by atoms with Crippen molar-refractivity contribution in [2.75, 3.05) is 0 Å². The maximum Gasteiger partial charge on any atom is 0.416 e. The van der Waals surface area contributed by atoms with Gasteiger partial charge in [-0.15, -0.1) is 0 Å². The number of carbonyl (C=O) groups excluding carboxylic acids is 1. The summed E-state index contributed by atoms with van der Waals surface area (Å²) in [5, 5.41) is 3.84. The molecule has 0 atom stereocenters. The van der Waals surface area contributed by atoms with E-state index in [1.165, 1.54) is 18.3 Å². The van der Waals surface area contributed by atoms with Crippen LogP contribution in [0.15, 0.2) is 64.1 Å². The number of alkyl halides is 3. The molecule has 0 aliphatic carbocycles. The number of amides is 1. The smallest absolute Gasteiger partial charge is 0.416 e. The summed E-state index contributed by atoms with van der Waals surface area (Å²) >= 11 is 0. The molecular formula is C22H19F3N2O2. The molecule has 0 bridgehead atoms. The van der Waals surface area contributed by atoms with Crippen molar-refractivity contribution in [2.24, 2.45) is 5.10 Å². The van der Waals surface area contributed by atoms with Crippen LogP contribution in [0.2, 0.25) is 0 Å². The number of hydrogen-bond donors (Lipinski definition) is 1. The first-order chi connectivity index (χ1) is 13.7. The molecule has 0 spiro atoms. The van der Waals surface area contributed by atoms with Gasteiger partial charge in [0.15, 0.2) is 0 Å². The molecule has 3 aromatic rings. The van der Waals surface area contributed by atoms with E-state index in [4.69, 9.17) is 4.42 Å². The molecule has 4 nitrogen and oxygen atoms in total. The first-order valence-corrected chi connectivity index (χ1v) is 8.88. The summed E-state index contributed by atoms with van der Waals surface area (Å²) in [4.78, 5) is 12.0. The number of aryl methyl sites for hydroxylation is 2. The molecule has 7 heteroatoms. The Kier molecular flexibility index (Phi) is 5.87. The lowest BCUT2D eigenvalue weighted by molar-refractivity contribution is -0.137. The molecule has 1 aromatic heterocycles. The monoisotopic (exact) mass is 400 g/mol. The number of nitrogens with one attached hydrogen (secondary N) is 1. The van der Waals surface area contributed by atoms with Gasteiger partial charge in [0.2, 0.25) is 5.91 Å². The SMILES string of the molecule is Cc1ccc(CC(=O)N/N=C\c2ccc(-c3cccc(C(F)(F)F)c3)o2)cc1C. The van der Waals surface area contributed by atoms with E-state index >= 15 is 0 Å². The highest BCUT2D eigenvalue weighted by Gasteiger charge is 2.30. The van der Waals surface area contributed by atoms with Crippen LogP contribution in [-0.4, -0.2) is 12.1 Å². The second kappa shape index (κ2) is 8.34. The lowest BCUT2D eigenvalue weighted by Crippen LogP contribution is -2.19. The Balaban J connectivity index is 1.62. The Morgan fingerprint density at radius 3 is 2.59 bits per heavy atom. The van der Waals surface area contributed by atoms with Gasteiger partial charge in [0.05, 0.1) is 18.2 Å². The highest BCUT2D eigenvalue weighted by atomic mass is 19.4. The number of nitrogens with zero attached hydrogens (tertiary/aromatic N) is 1. The first-order valence-electron chi connectivity index (χ1n) is 8.88. The van der Waals surface area contributed by atoms with Crippen LogP contribution in [0, 0.1) is 13.8 Å². The van der Waals surface area contributed by atoms with Crippen LogP contribution in [0.1, 0.15) is 28.0 Å². The van der Waals surface area contributed by atoms with Gasteiger partial charge in [-0.25, -0.2) is 5.43 Å². The van der Waals surface area contributed by atoms with Crippen LogP contribution >= 0.6 is 0 Å². The third-order valence-electron chi connectivity index (χ3n) is 4.42. The van der Waals surface area contributed by atoms with Gasteiger partial charge in [-0.1, -0.05) is 30.3 Å². The van der Waals surface area contributed by atoms with E-state index in [9.17, 15) is 18.0 Å². The lowest BCUT2D eigenvalue weighted by Gasteiger charge is -2.07. The van der Waals surface area contributed by atoms with Crippen molar-refractivity contribution in [1.82, 2.24) is 5.43 Å². The minimum Gasteiger partial charge on any atom is -0.455 e. The predicted octanol–water partition coefficient (Wildman–Crippen LogP) is 5.28. The summed E-state index contributed by atoms with van der Waals surface area (Å²) < 4.78 is 44.0. The van der Waals surface area contributed by atoms with Gasteiger partial charge in [0.1, 0.15) is 11.5 Å². The van der Waals surface area contributed by atoms with Crippen LogP contribution in [-0.2, 0) is 17.4 Å². The second-order valence-corrected chi connectivity index (χ2v) is 6.67. The minimum atomic E-state index is -4.42. The summed E-state index contributed by atoms with van der Waals surface area (Å²) in [6.45, 7) is 3.98. The number of carbonyl (C=O) groups is 1. The lowest BCUT2D eigenvalue weighted by atomic mass is 10.0.